The monoisotopic (exact) mass is 306 g/mol. The lowest BCUT2D eigenvalue weighted by Gasteiger charge is -2.06. The minimum absolute atomic E-state index is 0.401. The van der Waals surface area contributed by atoms with Crippen LogP contribution in [0.5, 0.6) is 0 Å². The molecule has 6 heteroatoms. The summed E-state index contributed by atoms with van der Waals surface area (Å²) < 4.78 is 9.46. The molecule has 0 aromatic carbocycles. The van der Waals surface area contributed by atoms with Crippen molar-refractivity contribution in [2.75, 3.05) is 0 Å². The van der Waals surface area contributed by atoms with Crippen molar-refractivity contribution in [3.63, 3.8) is 0 Å². The molecule has 0 aliphatic heterocycles. The topological polar surface area (TPSA) is 48.8 Å². The van der Waals surface area contributed by atoms with Gasteiger partial charge in [-0.25, -0.2) is 4.98 Å². The standard InChI is InChI=1S/C15H19ClN4O/c1-3-5-12-14-15(19(2)18-12)20(13(10-16)17-14)8-7-11-6-4-9-21-11/h4,6,9H,3,5,7-8,10H2,1-2H3. The fraction of sp³-hybridized carbons (Fsp3) is 0.467. The van der Waals surface area contributed by atoms with Gasteiger partial charge in [-0.15, -0.1) is 11.6 Å². The first-order valence-electron chi connectivity index (χ1n) is 7.24. The van der Waals surface area contributed by atoms with Crippen LogP contribution in [0.25, 0.3) is 11.2 Å². The van der Waals surface area contributed by atoms with Gasteiger partial charge in [-0.1, -0.05) is 13.3 Å². The van der Waals surface area contributed by atoms with Gasteiger partial charge in [0.05, 0.1) is 17.8 Å². The maximum absolute atomic E-state index is 6.07. The fourth-order valence-corrected chi connectivity index (χ4v) is 2.91. The van der Waals surface area contributed by atoms with Crippen LogP contribution >= 0.6 is 11.6 Å². The lowest BCUT2D eigenvalue weighted by Crippen LogP contribution is -2.08. The van der Waals surface area contributed by atoms with E-state index in [0.717, 1.165) is 54.2 Å². The van der Waals surface area contributed by atoms with Crippen molar-refractivity contribution in [2.24, 2.45) is 7.05 Å². The summed E-state index contributed by atoms with van der Waals surface area (Å²) in [5.74, 6) is 2.26. The third-order valence-corrected chi connectivity index (χ3v) is 3.88. The molecule has 21 heavy (non-hydrogen) atoms. The van der Waals surface area contributed by atoms with E-state index >= 15 is 0 Å². The van der Waals surface area contributed by atoms with E-state index in [4.69, 9.17) is 16.0 Å². The van der Waals surface area contributed by atoms with E-state index in [-0.39, 0.29) is 0 Å². The number of nitrogens with zero attached hydrogens (tertiary/aromatic N) is 4. The Labute approximate surface area is 128 Å². The molecule has 3 rings (SSSR count). The van der Waals surface area contributed by atoms with Gasteiger partial charge in [0.1, 0.15) is 17.1 Å². The van der Waals surface area contributed by atoms with Crippen molar-refractivity contribution < 1.29 is 4.42 Å². The molecule has 0 N–H and O–H groups in total. The Bertz CT molecular complexity index is 727. The Balaban J connectivity index is 1.99. The van der Waals surface area contributed by atoms with Crippen LogP contribution in [0.3, 0.4) is 0 Å². The zero-order valence-electron chi connectivity index (χ0n) is 12.3. The van der Waals surface area contributed by atoms with Gasteiger partial charge in [0.15, 0.2) is 5.65 Å². The molecule has 112 valence electrons. The van der Waals surface area contributed by atoms with E-state index < -0.39 is 0 Å². The second-order valence-electron chi connectivity index (χ2n) is 5.14. The summed E-state index contributed by atoms with van der Waals surface area (Å²) in [6.07, 6.45) is 4.51. The summed E-state index contributed by atoms with van der Waals surface area (Å²) >= 11 is 6.07. The maximum Gasteiger partial charge on any atom is 0.158 e. The van der Waals surface area contributed by atoms with E-state index in [1.807, 2.05) is 23.9 Å². The highest BCUT2D eigenvalue weighted by molar-refractivity contribution is 6.16. The number of fused-ring (bicyclic) bond motifs is 1. The first-order chi connectivity index (χ1) is 10.2. The van der Waals surface area contributed by atoms with Crippen LogP contribution in [0.2, 0.25) is 0 Å². The lowest BCUT2D eigenvalue weighted by molar-refractivity contribution is 0.489. The Morgan fingerprint density at radius 2 is 2.19 bits per heavy atom. The number of aryl methyl sites for hydroxylation is 4. The van der Waals surface area contributed by atoms with Crippen molar-refractivity contribution in [3.8, 4) is 0 Å². The van der Waals surface area contributed by atoms with Crippen LogP contribution in [0.4, 0.5) is 0 Å². The minimum atomic E-state index is 0.401. The predicted molar refractivity (Wildman–Crippen MR) is 82.5 cm³/mol. The van der Waals surface area contributed by atoms with Gasteiger partial charge in [-0.05, 0) is 18.6 Å². The van der Waals surface area contributed by atoms with Crippen LogP contribution in [0.1, 0.15) is 30.6 Å². The second kappa shape index (κ2) is 5.93. The number of rotatable bonds is 6. The molecule has 0 spiro atoms. The van der Waals surface area contributed by atoms with E-state index in [1.54, 1.807) is 6.26 Å². The van der Waals surface area contributed by atoms with Crippen LogP contribution in [-0.4, -0.2) is 19.3 Å². The first kappa shape index (κ1) is 14.2. The van der Waals surface area contributed by atoms with Gasteiger partial charge in [0.25, 0.3) is 0 Å². The molecule has 5 nitrogen and oxygen atoms in total. The molecule has 0 radical (unpaired) electrons. The summed E-state index contributed by atoms with van der Waals surface area (Å²) in [4.78, 5) is 4.69. The summed E-state index contributed by atoms with van der Waals surface area (Å²) in [7, 11) is 1.96. The highest BCUT2D eigenvalue weighted by Crippen LogP contribution is 2.22. The van der Waals surface area contributed by atoms with Gasteiger partial charge in [0.2, 0.25) is 0 Å². The highest BCUT2D eigenvalue weighted by Gasteiger charge is 2.18. The molecule has 0 atom stereocenters. The number of aromatic nitrogens is 4. The average Bonchev–Trinajstić information content (AvgIpc) is 3.16. The zero-order valence-corrected chi connectivity index (χ0v) is 13.1. The second-order valence-corrected chi connectivity index (χ2v) is 5.40. The highest BCUT2D eigenvalue weighted by atomic mass is 35.5. The van der Waals surface area contributed by atoms with Crippen molar-refractivity contribution in [1.82, 2.24) is 19.3 Å². The number of halogens is 1. The number of imidazole rings is 1. The zero-order chi connectivity index (χ0) is 14.8. The Morgan fingerprint density at radius 3 is 2.86 bits per heavy atom. The summed E-state index contributed by atoms with van der Waals surface area (Å²) in [6, 6.07) is 3.89. The van der Waals surface area contributed by atoms with E-state index in [0.29, 0.717) is 5.88 Å². The Kier molecular flexibility index (Phi) is 4.01. The number of alkyl halides is 1. The van der Waals surface area contributed by atoms with Gasteiger partial charge in [0, 0.05) is 20.0 Å². The predicted octanol–water partition coefficient (Wildman–Crippen LogP) is 3.30. The van der Waals surface area contributed by atoms with E-state index in [9.17, 15) is 0 Å². The number of hydrogen-bond donors (Lipinski definition) is 0. The molecule has 0 saturated heterocycles. The maximum atomic E-state index is 6.07. The third kappa shape index (κ3) is 2.58. The van der Waals surface area contributed by atoms with Crippen molar-refractivity contribution in [1.29, 1.82) is 0 Å². The van der Waals surface area contributed by atoms with Crippen molar-refractivity contribution in [3.05, 3.63) is 35.7 Å². The molecule has 0 bridgehead atoms. The molecule has 0 unspecified atom stereocenters. The molecule has 0 saturated carbocycles. The van der Waals surface area contributed by atoms with E-state index in [2.05, 4.69) is 21.6 Å². The third-order valence-electron chi connectivity index (χ3n) is 3.64. The fourth-order valence-electron chi connectivity index (χ4n) is 2.71. The van der Waals surface area contributed by atoms with E-state index in [1.165, 1.54) is 0 Å². The molecule has 3 heterocycles. The molecule has 0 fully saturated rings. The normalized spacial score (nSPS) is 11.6. The van der Waals surface area contributed by atoms with Crippen LogP contribution in [0, 0.1) is 0 Å². The largest absolute Gasteiger partial charge is 0.469 e. The molecule has 0 amide bonds. The lowest BCUT2D eigenvalue weighted by atomic mass is 10.2. The number of furan rings is 1. The number of hydrogen-bond acceptors (Lipinski definition) is 3. The summed E-state index contributed by atoms with van der Waals surface area (Å²) in [5.41, 5.74) is 3.08. The van der Waals surface area contributed by atoms with Gasteiger partial charge < -0.3 is 8.98 Å². The Hall–Kier alpha value is -1.75. The van der Waals surface area contributed by atoms with Gasteiger partial charge in [-0.3, -0.25) is 4.68 Å². The Morgan fingerprint density at radius 1 is 1.33 bits per heavy atom. The average molecular weight is 307 g/mol. The molecule has 3 aromatic rings. The SMILES string of the molecule is CCCc1nn(C)c2c1nc(CCl)n2CCc1ccco1. The van der Waals surface area contributed by atoms with Crippen LogP contribution in [-0.2, 0) is 32.3 Å². The first-order valence-corrected chi connectivity index (χ1v) is 7.77. The molecular formula is C15H19ClN4O. The quantitative estimate of drug-likeness (QED) is 0.657. The minimum Gasteiger partial charge on any atom is -0.469 e. The van der Waals surface area contributed by atoms with Gasteiger partial charge >= 0.3 is 0 Å². The van der Waals surface area contributed by atoms with Crippen LogP contribution in [0.15, 0.2) is 22.8 Å². The smallest absolute Gasteiger partial charge is 0.158 e. The molecule has 3 aromatic heterocycles. The summed E-state index contributed by atoms with van der Waals surface area (Å²) in [6.45, 7) is 2.94. The van der Waals surface area contributed by atoms with Gasteiger partial charge in [-0.2, -0.15) is 5.10 Å². The molecular weight excluding hydrogens is 288 g/mol. The van der Waals surface area contributed by atoms with Crippen LogP contribution < -0.4 is 0 Å². The van der Waals surface area contributed by atoms with Crippen molar-refractivity contribution in [2.45, 2.75) is 38.6 Å². The molecule has 0 aliphatic carbocycles. The van der Waals surface area contributed by atoms with Crippen molar-refractivity contribution >= 4 is 22.8 Å². The molecule has 0 aliphatic rings. The summed E-state index contributed by atoms with van der Waals surface area (Å²) in [5, 5.41) is 4.59.